The van der Waals surface area contributed by atoms with Crippen LogP contribution in [0.5, 0.6) is 0 Å². The molecule has 0 fully saturated rings. The van der Waals surface area contributed by atoms with Crippen LogP contribution >= 0.6 is 27.5 Å². The van der Waals surface area contributed by atoms with E-state index in [-0.39, 0.29) is 5.28 Å². The van der Waals surface area contributed by atoms with Crippen molar-refractivity contribution in [3.8, 4) is 0 Å². The lowest BCUT2D eigenvalue weighted by atomic mass is 10.1. The van der Waals surface area contributed by atoms with Gasteiger partial charge in [-0.05, 0) is 50.1 Å². The number of nitrogens with zero attached hydrogens (tertiary/aromatic N) is 2. The highest BCUT2D eigenvalue weighted by atomic mass is 79.9. The Labute approximate surface area is 114 Å². The third-order valence-electron chi connectivity index (χ3n) is 2.35. The molecule has 0 bridgehead atoms. The van der Waals surface area contributed by atoms with E-state index in [1.54, 1.807) is 0 Å². The molecule has 0 spiro atoms. The van der Waals surface area contributed by atoms with E-state index < -0.39 is 0 Å². The molecule has 1 heterocycles. The highest BCUT2D eigenvalue weighted by Crippen LogP contribution is 2.28. The molecule has 17 heavy (non-hydrogen) atoms. The molecule has 0 aliphatic carbocycles. The average Bonchev–Trinajstić information content (AvgIpc) is 2.19. The van der Waals surface area contributed by atoms with Crippen molar-refractivity contribution in [2.24, 2.45) is 0 Å². The highest BCUT2D eigenvalue weighted by Gasteiger charge is 2.10. The molecule has 90 valence electrons. The molecule has 1 N–H and O–H groups in total. The second-order valence-corrected chi connectivity index (χ2v) is 5.51. The zero-order valence-electron chi connectivity index (χ0n) is 9.88. The van der Waals surface area contributed by atoms with Crippen LogP contribution in [0.25, 0.3) is 10.9 Å². The second-order valence-electron chi connectivity index (χ2n) is 4.26. The fourth-order valence-corrected chi connectivity index (χ4v) is 2.46. The number of halogens is 2. The van der Waals surface area contributed by atoms with Gasteiger partial charge in [-0.1, -0.05) is 15.9 Å². The van der Waals surface area contributed by atoms with Crippen molar-refractivity contribution in [3.63, 3.8) is 0 Å². The lowest BCUT2D eigenvalue weighted by Gasteiger charge is -2.13. The van der Waals surface area contributed by atoms with E-state index in [9.17, 15) is 0 Å². The Morgan fingerprint density at radius 1 is 1.29 bits per heavy atom. The van der Waals surface area contributed by atoms with Gasteiger partial charge in [0.05, 0.1) is 5.52 Å². The lowest BCUT2D eigenvalue weighted by Crippen LogP contribution is -2.12. The van der Waals surface area contributed by atoms with Gasteiger partial charge in [0, 0.05) is 15.9 Å². The van der Waals surface area contributed by atoms with E-state index in [2.05, 4.69) is 45.1 Å². The first-order valence-electron chi connectivity index (χ1n) is 5.37. The van der Waals surface area contributed by atoms with Crippen LogP contribution in [0.2, 0.25) is 5.28 Å². The number of nitrogens with one attached hydrogen (secondary N) is 1. The number of benzene rings is 1. The smallest absolute Gasteiger partial charge is 0.224 e. The average molecular weight is 315 g/mol. The molecule has 2 aromatic rings. The quantitative estimate of drug-likeness (QED) is 0.845. The largest absolute Gasteiger partial charge is 0.367 e. The second kappa shape index (κ2) is 4.78. The summed E-state index contributed by atoms with van der Waals surface area (Å²) >= 11 is 9.43. The Kier molecular flexibility index (Phi) is 3.54. The summed E-state index contributed by atoms with van der Waals surface area (Å²) in [7, 11) is 0. The predicted octanol–water partition coefficient (Wildman–Crippen LogP) is 4.17. The van der Waals surface area contributed by atoms with Crippen LogP contribution < -0.4 is 5.32 Å². The van der Waals surface area contributed by atoms with Gasteiger partial charge in [-0.25, -0.2) is 9.97 Å². The van der Waals surface area contributed by atoms with E-state index >= 15 is 0 Å². The van der Waals surface area contributed by atoms with Gasteiger partial charge in [-0.3, -0.25) is 0 Å². The van der Waals surface area contributed by atoms with E-state index in [0.29, 0.717) is 6.04 Å². The summed E-state index contributed by atoms with van der Waals surface area (Å²) < 4.78 is 1.01. The zero-order chi connectivity index (χ0) is 12.6. The lowest BCUT2D eigenvalue weighted by molar-refractivity contribution is 0.890. The first-order valence-corrected chi connectivity index (χ1v) is 6.54. The van der Waals surface area contributed by atoms with Crippen molar-refractivity contribution in [2.45, 2.75) is 26.8 Å². The van der Waals surface area contributed by atoms with E-state index in [0.717, 1.165) is 26.8 Å². The molecule has 0 atom stereocenters. The van der Waals surface area contributed by atoms with Crippen molar-refractivity contribution in [3.05, 3.63) is 27.5 Å². The molecule has 1 aromatic heterocycles. The molecule has 0 saturated carbocycles. The standard InChI is InChI=1S/C12H13BrClN3/c1-6(2)15-11-9-5-8(13)4-7(3)10(9)16-12(14)17-11/h4-6H,1-3H3,(H,15,16,17). The van der Waals surface area contributed by atoms with E-state index in [1.165, 1.54) is 0 Å². The molecule has 1 aromatic carbocycles. The number of fused-ring (bicyclic) bond motifs is 1. The van der Waals surface area contributed by atoms with E-state index in [1.807, 2.05) is 19.1 Å². The van der Waals surface area contributed by atoms with Crippen molar-refractivity contribution in [1.82, 2.24) is 9.97 Å². The molecular weight excluding hydrogens is 302 g/mol. The minimum atomic E-state index is 0.270. The molecule has 3 nitrogen and oxygen atoms in total. The molecule has 5 heteroatoms. The van der Waals surface area contributed by atoms with Crippen LogP contribution in [-0.2, 0) is 0 Å². The Hall–Kier alpha value is -0.870. The topological polar surface area (TPSA) is 37.8 Å². The molecular formula is C12H13BrClN3. The number of anilines is 1. The summed E-state index contributed by atoms with van der Waals surface area (Å²) in [5, 5.41) is 4.54. The Morgan fingerprint density at radius 2 is 2.00 bits per heavy atom. The number of rotatable bonds is 2. The fourth-order valence-electron chi connectivity index (χ4n) is 1.72. The minimum absolute atomic E-state index is 0.270. The number of hydrogen-bond donors (Lipinski definition) is 1. The van der Waals surface area contributed by atoms with Crippen molar-refractivity contribution < 1.29 is 0 Å². The SMILES string of the molecule is Cc1cc(Br)cc2c(NC(C)C)nc(Cl)nc12. The van der Waals surface area contributed by atoms with Gasteiger partial charge in [-0.15, -0.1) is 0 Å². The summed E-state index contributed by atoms with van der Waals surface area (Å²) in [5.74, 6) is 0.777. The Bertz CT molecular complexity index is 569. The third kappa shape index (κ3) is 2.69. The van der Waals surface area contributed by atoms with E-state index in [4.69, 9.17) is 11.6 Å². The normalized spacial score (nSPS) is 11.2. The van der Waals surface area contributed by atoms with Gasteiger partial charge < -0.3 is 5.32 Å². The summed E-state index contributed by atoms with van der Waals surface area (Å²) in [6.07, 6.45) is 0. The van der Waals surface area contributed by atoms with Crippen LogP contribution in [0.4, 0.5) is 5.82 Å². The maximum absolute atomic E-state index is 5.95. The highest BCUT2D eigenvalue weighted by molar-refractivity contribution is 9.10. The number of aromatic nitrogens is 2. The minimum Gasteiger partial charge on any atom is -0.367 e. The molecule has 0 aliphatic rings. The van der Waals surface area contributed by atoms with Crippen LogP contribution in [0.15, 0.2) is 16.6 Å². The number of aryl methyl sites for hydroxylation is 1. The molecule has 0 amide bonds. The fraction of sp³-hybridized carbons (Fsp3) is 0.333. The van der Waals surface area contributed by atoms with Gasteiger partial charge in [-0.2, -0.15) is 0 Å². The number of hydrogen-bond acceptors (Lipinski definition) is 3. The van der Waals surface area contributed by atoms with Gasteiger partial charge in [0.1, 0.15) is 5.82 Å². The first kappa shape index (κ1) is 12.6. The van der Waals surface area contributed by atoms with Crippen molar-refractivity contribution >= 4 is 44.3 Å². The van der Waals surface area contributed by atoms with Gasteiger partial charge in [0.15, 0.2) is 0 Å². The van der Waals surface area contributed by atoms with Gasteiger partial charge in [0.25, 0.3) is 0 Å². The summed E-state index contributed by atoms with van der Waals surface area (Å²) in [6.45, 7) is 6.13. The molecule has 0 radical (unpaired) electrons. The van der Waals surface area contributed by atoms with Crippen molar-refractivity contribution in [1.29, 1.82) is 0 Å². The maximum Gasteiger partial charge on any atom is 0.224 e. The zero-order valence-corrected chi connectivity index (χ0v) is 12.2. The Balaban J connectivity index is 2.73. The molecule has 0 saturated heterocycles. The predicted molar refractivity (Wildman–Crippen MR) is 75.7 cm³/mol. The van der Waals surface area contributed by atoms with Crippen LogP contribution in [0, 0.1) is 6.92 Å². The summed E-state index contributed by atoms with van der Waals surface area (Å²) in [5.41, 5.74) is 1.96. The molecule has 2 rings (SSSR count). The van der Waals surface area contributed by atoms with Gasteiger partial charge in [0.2, 0.25) is 5.28 Å². The third-order valence-corrected chi connectivity index (χ3v) is 2.98. The van der Waals surface area contributed by atoms with Crippen LogP contribution in [-0.4, -0.2) is 16.0 Å². The van der Waals surface area contributed by atoms with Crippen LogP contribution in [0.3, 0.4) is 0 Å². The van der Waals surface area contributed by atoms with Gasteiger partial charge >= 0.3 is 0 Å². The first-order chi connectivity index (χ1) is 7.97. The van der Waals surface area contributed by atoms with Crippen LogP contribution in [0.1, 0.15) is 19.4 Å². The van der Waals surface area contributed by atoms with Crippen molar-refractivity contribution in [2.75, 3.05) is 5.32 Å². The maximum atomic E-state index is 5.95. The Morgan fingerprint density at radius 3 is 2.65 bits per heavy atom. The summed E-state index contributed by atoms with van der Waals surface area (Å²) in [4.78, 5) is 8.52. The molecule has 0 unspecified atom stereocenters. The molecule has 0 aliphatic heterocycles. The summed E-state index contributed by atoms with van der Waals surface area (Å²) in [6, 6.07) is 4.32. The monoisotopic (exact) mass is 313 g/mol.